The highest BCUT2D eigenvalue weighted by atomic mass is 35.5. The molecule has 1 fully saturated rings. The molecule has 2 heterocycles. The fourth-order valence-corrected chi connectivity index (χ4v) is 2.50. The number of piperidine rings is 1. The van der Waals surface area contributed by atoms with E-state index in [2.05, 4.69) is 32.1 Å². The van der Waals surface area contributed by atoms with Gasteiger partial charge in [0, 0.05) is 6.54 Å². The minimum Gasteiger partial charge on any atom is -0.464 e. The predicted octanol–water partition coefficient (Wildman–Crippen LogP) is 2.07. The highest BCUT2D eigenvalue weighted by molar-refractivity contribution is 6.28. The number of anilines is 1. The monoisotopic (exact) mass is 299 g/mol. The quantitative estimate of drug-likeness (QED) is 0.867. The summed E-state index contributed by atoms with van der Waals surface area (Å²) in [6.07, 6.45) is 2.41. The largest absolute Gasteiger partial charge is 0.464 e. The van der Waals surface area contributed by atoms with Crippen molar-refractivity contribution >= 4 is 17.5 Å². The summed E-state index contributed by atoms with van der Waals surface area (Å²) in [5.41, 5.74) is 0. The molecule has 1 saturated heterocycles. The number of nitrogens with zero attached hydrogens (tertiary/aromatic N) is 4. The van der Waals surface area contributed by atoms with Gasteiger partial charge in [0.15, 0.2) is 0 Å². The molecule has 0 bridgehead atoms. The zero-order valence-electron chi connectivity index (χ0n) is 12.1. The average Bonchev–Trinajstić information content (AvgIpc) is 2.45. The first-order chi connectivity index (χ1) is 9.71. The van der Waals surface area contributed by atoms with Gasteiger partial charge in [0.05, 0.1) is 6.61 Å². The van der Waals surface area contributed by atoms with Crippen molar-refractivity contribution in [2.24, 2.45) is 5.92 Å². The molecule has 0 aromatic carbocycles. The zero-order chi connectivity index (χ0) is 14.4. The Morgan fingerprint density at radius 2 is 2.00 bits per heavy atom. The Labute approximate surface area is 124 Å². The lowest BCUT2D eigenvalue weighted by Gasteiger charge is -2.31. The highest BCUT2D eigenvalue weighted by Crippen LogP contribution is 2.18. The van der Waals surface area contributed by atoms with Crippen LogP contribution in [0.1, 0.15) is 26.7 Å². The van der Waals surface area contributed by atoms with Crippen LogP contribution in [0, 0.1) is 5.92 Å². The van der Waals surface area contributed by atoms with Gasteiger partial charge in [0.1, 0.15) is 0 Å². The molecule has 20 heavy (non-hydrogen) atoms. The Morgan fingerprint density at radius 3 is 2.65 bits per heavy atom. The van der Waals surface area contributed by atoms with Gasteiger partial charge in [0.25, 0.3) is 0 Å². The van der Waals surface area contributed by atoms with Gasteiger partial charge in [-0.1, -0.05) is 6.92 Å². The van der Waals surface area contributed by atoms with E-state index in [0.717, 1.165) is 13.1 Å². The molecule has 7 heteroatoms. The molecule has 0 aliphatic carbocycles. The molecular weight excluding hydrogens is 278 g/mol. The Morgan fingerprint density at radius 1 is 1.25 bits per heavy atom. The third kappa shape index (κ3) is 4.45. The van der Waals surface area contributed by atoms with Gasteiger partial charge < -0.3 is 15.0 Å². The van der Waals surface area contributed by atoms with E-state index < -0.39 is 0 Å². The smallest absolute Gasteiger partial charge is 0.322 e. The summed E-state index contributed by atoms with van der Waals surface area (Å²) < 4.78 is 5.25. The van der Waals surface area contributed by atoms with E-state index >= 15 is 0 Å². The standard InChI is InChI=1S/C13H22ClN5O/c1-3-19-7-5-10(6-8-19)9-15-12-16-11(14)17-13(18-12)20-4-2/h10H,3-9H2,1-2H3,(H,15,16,17,18). The van der Waals surface area contributed by atoms with Gasteiger partial charge in [-0.05, 0) is 56.9 Å². The summed E-state index contributed by atoms with van der Waals surface area (Å²) in [6, 6.07) is 0.274. The third-order valence-electron chi connectivity index (χ3n) is 3.56. The lowest BCUT2D eigenvalue weighted by molar-refractivity contribution is 0.198. The summed E-state index contributed by atoms with van der Waals surface area (Å²) in [6.45, 7) is 8.95. The second-order valence-corrected chi connectivity index (χ2v) is 5.24. The normalized spacial score (nSPS) is 17.1. The van der Waals surface area contributed by atoms with Gasteiger partial charge in [-0.2, -0.15) is 15.0 Å². The first-order valence-corrected chi connectivity index (χ1v) is 7.59. The van der Waals surface area contributed by atoms with Crippen molar-refractivity contribution in [3.05, 3.63) is 5.28 Å². The Hall–Kier alpha value is -1.14. The molecule has 0 radical (unpaired) electrons. The van der Waals surface area contributed by atoms with Crippen LogP contribution in [0.3, 0.4) is 0 Å². The zero-order valence-corrected chi connectivity index (χ0v) is 12.9. The van der Waals surface area contributed by atoms with Gasteiger partial charge >= 0.3 is 6.01 Å². The maximum absolute atomic E-state index is 5.86. The summed E-state index contributed by atoms with van der Waals surface area (Å²) in [5, 5.41) is 3.40. The third-order valence-corrected chi connectivity index (χ3v) is 3.73. The van der Waals surface area contributed by atoms with Crippen LogP contribution in [0.15, 0.2) is 0 Å². The predicted molar refractivity (Wildman–Crippen MR) is 79.3 cm³/mol. The van der Waals surface area contributed by atoms with Gasteiger partial charge in [-0.15, -0.1) is 0 Å². The van der Waals surface area contributed by atoms with Crippen LogP contribution >= 0.6 is 11.6 Å². The lowest BCUT2D eigenvalue weighted by atomic mass is 9.97. The lowest BCUT2D eigenvalue weighted by Crippen LogP contribution is -2.35. The van der Waals surface area contributed by atoms with Crippen molar-refractivity contribution in [1.29, 1.82) is 0 Å². The number of hydrogen-bond donors (Lipinski definition) is 1. The molecule has 1 aliphatic heterocycles. The van der Waals surface area contributed by atoms with E-state index in [-0.39, 0.29) is 11.3 Å². The topological polar surface area (TPSA) is 63.2 Å². The molecule has 112 valence electrons. The van der Waals surface area contributed by atoms with Gasteiger partial charge in [-0.3, -0.25) is 0 Å². The number of hydrogen-bond acceptors (Lipinski definition) is 6. The molecule has 0 atom stereocenters. The van der Waals surface area contributed by atoms with Crippen molar-refractivity contribution < 1.29 is 4.74 Å². The molecule has 1 N–H and O–H groups in total. The average molecular weight is 300 g/mol. The van der Waals surface area contributed by atoms with E-state index in [1.54, 1.807) is 0 Å². The molecule has 1 aliphatic rings. The van der Waals surface area contributed by atoms with Crippen molar-refractivity contribution in [3.8, 4) is 6.01 Å². The van der Waals surface area contributed by atoms with Gasteiger partial charge in [0.2, 0.25) is 11.2 Å². The number of aromatic nitrogens is 3. The maximum Gasteiger partial charge on any atom is 0.322 e. The molecule has 0 amide bonds. The van der Waals surface area contributed by atoms with E-state index in [1.165, 1.54) is 25.9 Å². The molecule has 6 nitrogen and oxygen atoms in total. The number of nitrogens with one attached hydrogen (secondary N) is 1. The molecule has 0 spiro atoms. The minimum absolute atomic E-state index is 0.159. The fraction of sp³-hybridized carbons (Fsp3) is 0.769. The van der Waals surface area contributed by atoms with Crippen molar-refractivity contribution in [2.45, 2.75) is 26.7 Å². The summed E-state index contributed by atoms with van der Waals surface area (Å²) >= 11 is 5.86. The minimum atomic E-state index is 0.159. The molecule has 0 unspecified atom stereocenters. The molecular formula is C13H22ClN5O. The summed E-state index contributed by atoms with van der Waals surface area (Å²) in [5.74, 6) is 1.15. The SMILES string of the molecule is CCOc1nc(Cl)nc(NCC2CCN(CC)CC2)n1. The highest BCUT2D eigenvalue weighted by Gasteiger charge is 2.18. The molecule has 1 aromatic heterocycles. The number of halogens is 1. The summed E-state index contributed by atoms with van der Waals surface area (Å²) in [4.78, 5) is 14.7. The molecule has 2 rings (SSSR count). The van der Waals surface area contributed by atoms with Crippen LogP contribution < -0.4 is 10.1 Å². The molecule has 0 saturated carbocycles. The number of likely N-dealkylation sites (tertiary alicyclic amines) is 1. The van der Waals surface area contributed by atoms with Gasteiger partial charge in [-0.25, -0.2) is 0 Å². The number of ether oxygens (including phenoxy) is 1. The first-order valence-electron chi connectivity index (χ1n) is 7.21. The Kier molecular flexibility index (Phi) is 5.79. The summed E-state index contributed by atoms with van der Waals surface area (Å²) in [7, 11) is 0. The van der Waals surface area contributed by atoms with Crippen molar-refractivity contribution in [3.63, 3.8) is 0 Å². The van der Waals surface area contributed by atoms with Crippen LogP contribution in [0.25, 0.3) is 0 Å². The second-order valence-electron chi connectivity index (χ2n) is 4.90. The second kappa shape index (κ2) is 7.59. The van der Waals surface area contributed by atoms with Crippen LogP contribution in [0.5, 0.6) is 6.01 Å². The number of rotatable bonds is 6. The van der Waals surface area contributed by atoms with E-state index in [9.17, 15) is 0 Å². The van der Waals surface area contributed by atoms with E-state index in [4.69, 9.17) is 16.3 Å². The molecule has 1 aromatic rings. The van der Waals surface area contributed by atoms with Crippen molar-refractivity contribution in [1.82, 2.24) is 19.9 Å². The van der Waals surface area contributed by atoms with Crippen LogP contribution in [-0.2, 0) is 0 Å². The Balaban J connectivity index is 1.84. The van der Waals surface area contributed by atoms with Crippen molar-refractivity contribution in [2.75, 3.05) is 38.1 Å². The van der Waals surface area contributed by atoms with Crippen LogP contribution in [-0.4, -0.2) is 52.6 Å². The fourth-order valence-electron chi connectivity index (χ4n) is 2.35. The van der Waals surface area contributed by atoms with E-state index in [1.807, 2.05) is 6.92 Å². The Bertz CT molecular complexity index is 423. The van der Waals surface area contributed by atoms with Crippen LogP contribution in [0.2, 0.25) is 5.28 Å². The first kappa shape index (κ1) is 15.3. The maximum atomic E-state index is 5.86. The van der Waals surface area contributed by atoms with E-state index in [0.29, 0.717) is 18.5 Å². The van der Waals surface area contributed by atoms with Crippen LogP contribution in [0.4, 0.5) is 5.95 Å².